The Morgan fingerprint density at radius 2 is 1.74 bits per heavy atom. The van der Waals surface area contributed by atoms with Crippen LogP contribution in [0.3, 0.4) is 0 Å². The van der Waals surface area contributed by atoms with Crippen molar-refractivity contribution in [3.8, 4) is 33.8 Å². The van der Waals surface area contributed by atoms with Gasteiger partial charge >= 0.3 is 0 Å². The van der Waals surface area contributed by atoms with Crippen LogP contribution in [0, 0.1) is 0 Å². The fourth-order valence-corrected chi connectivity index (χ4v) is 4.58. The number of hydrogen-bond acceptors (Lipinski definition) is 7. The van der Waals surface area contributed by atoms with Gasteiger partial charge in [0.25, 0.3) is 0 Å². The van der Waals surface area contributed by atoms with Crippen LogP contribution in [0.15, 0.2) is 84.4 Å². The molecule has 0 atom stereocenters. The number of primary sulfonamides is 1. The molecular weight excluding hydrogens is 452 g/mol. The van der Waals surface area contributed by atoms with Crippen molar-refractivity contribution in [3.63, 3.8) is 0 Å². The molecule has 5 rings (SSSR count). The maximum atomic E-state index is 11.9. The Labute approximate surface area is 195 Å². The molecule has 0 unspecified atom stereocenters. The second-order valence-electron chi connectivity index (χ2n) is 7.67. The van der Waals surface area contributed by atoms with E-state index in [1.54, 1.807) is 47.4 Å². The Morgan fingerprint density at radius 1 is 0.971 bits per heavy atom. The normalized spacial score (nSPS) is 11.7. The van der Waals surface area contributed by atoms with Crippen LogP contribution in [-0.2, 0) is 16.6 Å². The van der Waals surface area contributed by atoms with Crippen LogP contribution < -0.4 is 10.9 Å². The van der Waals surface area contributed by atoms with Crippen molar-refractivity contribution in [2.45, 2.75) is 11.4 Å². The predicted octanol–water partition coefficient (Wildman–Crippen LogP) is 2.96. The summed E-state index contributed by atoms with van der Waals surface area (Å²) in [7, 11) is -3.94. The lowest BCUT2D eigenvalue weighted by molar-refractivity contribution is 0.479. The number of imidazole rings is 1. The number of rotatable bonds is 5. The van der Waals surface area contributed by atoms with Gasteiger partial charge in [0, 0.05) is 35.8 Å². The largest absolute Gasteiger partial charge is 0.504 e. The Morgan fingerprint density at radius 3 is 2.47 bits per heavy atom. The summed E-state index contributed by atoms with van der Waals surface area (Å²) in [6.07, 6.45) is 5.96. The Hall–Kier alpha value is -4.12. The van der Waals surface area contributed by atoms with Gasteiger partial charge in [0.05, 0.1) is 6.20 Å². The van der Waals surface area contributed by atoms with Gasteiger partial charge in [-0.15, -0.1) is 0 Å². The zero-order chi connectivity index (χ0) is 23.9. The van der Waals surface area contributed by atoms with Crippen molar-refractivity contribution >= 4 is 21.1 Å². The van der Waals surface area contributed by atoms with Gasteiger partial charge in [-0.25, -0.2) is 23.5 Å². The molecule has 2 aromatic carbocycles. The monoisotopic (exact) mass is 472 g/mol. The molecule has 3 heterocycles. The molecule has 0 aliphatic rings. The maximum absolute atomic E-state index is 11.9. The Bertz CT molecular complexity index is 1630. The second kappa shape index (κ2) is 8.34. The van der Waals surface area contributed by atoms with E-state index in [9.17, 15) is 13.5 Å². The number of aromatic nitrogens is 4. The third kappa shape index (κ3) is 3.79. The zero-order valence-corrected chi connectivity index (χ0v) is 18.6. The maximum Gasteiger partial charge on any atom is 0.240 e. The van der Waals surface area contributed by atoms with Crippen LogP contribution in [0.25, 0.3) is 39.1 Å². The summed E-state index contributed by atoms with van der Waals surface area (Å²) < 4.78 is 25.6. The molecule has 3 aromatic heterocycles. The molecule has 5 N–H and O–H groups in total. The third-order valence-electron chi connectivity index (χ3n) is 5.55. The molecule has 0 saturated heterocycles. The van der Waals surface area contributed by atoms with Gasteiger partial charge < -0.3 is 10.8 Å². The number of pyridine rings is 2. The van der Waals surface area contributed by atoms with Gasteiger partial charge in [0.15, 0.2) is 5.75 Å². The number of benzene rings is 2. The highest BCUT2D eigenvalue weighted by Crippen LogP contribution is 2.36. The molecule has 5 aromatic rings. The van der Waals surface area contributed by atoms with Gasteiger partial charge in [-0.05, 0) is 29.3 Å². The number of aromatic hydroxyl groups is 1. The number of nitrogens with two attached hydrogens (primary N) is 2. The van der Waals surface area contributed by atoms with Gasteiger partial charge in [0.2, 0.25) is 10.0 Å². The summed E-state index contributed by atoms with van der Waals surface area (Å²) in [5.74, 6) is -0.0185. The van der Waals surface area contributed by atoms with E-state index in [-0.39, 0.29) is 10.6 Å². The van der Waals surface area contributed by atoms with Crippen molar-refractivity contribution in [2.75, 3.05) is 0 Å². The van der Waals surface area contributed by atoms with E-state index in [1.807, 2.05) is 24.3 Å². The molecule has 0 aliphatic heterocycles. The second-order valence-corrected chi connectivity index (χ2v) is 9.20. The first kappa shape index (κ1) is 21.7. The Balaban J connectivity index is 1.59. The summed E-state index contributed by atoms with van der Waals surface area (Å²) in [6.45, 7) is 0.399. The molecular formula is C24H20N6O3S. The van der Waals surface area contributed by atoms with Crippen LogP contribution in [0.4, 0.5) is 0 Å². The number of sulfonamides is 1. The van der Waals surface area contributed by atoms with E-state index in [4.69, 9.17) is 10.9 Å². The molecule has 34 heavy (non-hydrogen) atoms. The molecule has 10 heteroatoms. The lowest BCUT2D eigenvalue weighted by Crippen LogP contribution is -2.13. The average Bonchev–Trinajstić information content (AvgIpc) is 3.29. The standard InChI is InChI=1S/C24H20N6O3S/c25-11-15-2-1-3-18(10-15)30-14-29-20-12-28-22(24(31)23(20)30)17-6-4-16(5-7-17)19-8-9-27-13-21(19)34(26,32)33/h1-10,12-14,31H,11,25H2,(H2,26,32,33). The lowest BCUT2D eigenvalue weighted by atomic mass is 10.0. The fraction of sp³-hybridized carbons (Fsp3) is 0.0417. The molecule has 0 saturated carbocycles. The van der Waals surface area contributed by atoms with Crippen molar-refractivity contribution in [1.82, 2.24) is 19.5 Å². The van der Waals surface area contributed by atoms with Crippen molar-refractivity contribution in [2.24, 2.45) is 10.9 Å². The topological polar surface area (TPSA) is 150 Å². The van der Waals surface area contributed by atoms with E-state index in [0.717, 1.165) is 11.3 Å². The molecule has 0 bridgehead atoms. The smallest absolute Gasteiger partial charge is 0.240 e. The highest BCUT2D eigenvalue weighted by molar-refractivity contribution is 7.89. The first-order valence-corrected chi connectivity index (χ1v) is 11.8. The minimum absolute atomic E-state index is 0.0185. The summed E-state index contributed by atoms with van der Waals surface area (Å²) in [5, 5.41) is 16.5. The highest BCUT2D eigenvalue weighted by Gasteiger charge is 2.18. The molecule has 0 spiro atoms. The van der Waals surface area contributed by atoms with E-state index in [1.165, 1.54) is 12.4 Å². The van der Waals surface area contributed by atoms with Crippen LogP contribution >= 0.6 is 0 Å². The third-order valence-corrected chi connectivity index (χ3v) is 6.48. The molecule has 0 fully saturated rings. The van der Waals surface area contributed by atoms with E-state index < -0.39 is 10.0 Å². The van der Waals surface area contributed by atoms with Crippen LogP contribution in [0.1, 0.15) is 5.56 Å². The highest BCUT2D eigenvalue weighted by atomic mass is 32.2. The minimum Gasteiger partial charge on any atom is -0.504 e. The summed E-state index contributed by atoms with van der Waals surface area (Å²) in [6, 6.07) is 16.3. The molecule has 9 nitrogen and oxygen atoms in total. The molecule has 0 radical (unpaired) electrons. The SMILES string of the molecule is NCc1cccc(-n2cnc3cnc(-c4ccc(-c5ccncc5S(N)(=O)=O)cc4)c(O)c32)c1. The fourth-order valence-electron chi connectivity index (χ4n) is 3.88. The van der Waals surface area contributed by atoms with Gasteiger partial charge in [0.1, 0.15) is 28.0 Å². The first-order valence-electron chi connectivity index (χ1n) is 10.3. The molecule has 0 aliphatic carbocycles. The minimum atomic E-state index is -3.94. The van der Waals surface area contributed by atoms with Crippen molar-refractivity contribution in [1.29, 1.82) is 0 Å². The average molecular weight is 473 g/mol. The van der Waals surface area contributed by atoms with E-state index >= 15 is 0 Å². The van der Waals surface area contributed by atoms with E-state index in [2.05, 4.69) is 15.0 Å². The zero-order valence-electron chi connectivity index (χ0n) is 17.8. The predicted molar refractivity (Wildman–Crippen MR) is 128 cm³/mol. The van der Waals surface area contributed by atoms with E-state index in [0.29, 0.717) is 40.0 Å². The summed E-state index contributed by atoms with van der Waals surface area (Å²) in [5.41, 5.74) is 10.7. The summed E-state index contributed by atoms with van der Waals surface area (Å²) >= 11 is 0. The van der Waals surface area contributed by atoms with Crippen LogP contribution in [0.2, 0.25) is 0 Å². The molecule has 170 valence electrons. The van der Waals surface area contributed by atoms with Gasteiger partial charge in [-0.2, -0.15) is 0 Å². The van der Waals surface area contributed by atoms with Crippen molar-refractivity contribution in [3.05, 3.63) is 85.1 Å². The van der Waals surface area contributed by atoms with Crippen molar-refractivity contribution < 1.29 is 13.5 Å². The first-order chi connectivity index (χ1) is 16.4. The van der Waals surface area contributed by atoms with Gasteiger partial charge in [-0.3, -0.25) is 9.55 Å². The Kier molecular flexibility index (Phi) is 5.33. The van der Waals surface area contributed by atoms with Crippen LogP contribution in [-0.4, -0.2) is 33.0 Å². The van der Waals surface area contributed by atoms with Gasteiger partial charge in [-0.1, -0.05) is 36.4 Å². The number of hydrogen-bond donors (Lipinski definition) is 3. The summed E-state index contributed by atoms with van der Waals surface area (Å²) in [4.78, 5) is 12.6. The number of nitrogens with zero attached hydrogens (tertiary/aromatic N) is 4. The lowest BCUT2D eigenvalue weighted by Gasteiger charge is -2.11. The van der Waals surface area contributed by atoms with Crippen LogP contribution in [0.5, 0.6) is 5.75 Å². The quantitative estimate of drug-likeness (QED) is 0.356. The number of fused-ring (bicyclic) bond motifs is 1. The molecule has 0 amide bonds.